The van der Waals surface area contributed by atoms with Crippen molar-refractivity contribution in [2.45, 2.75) is 33.7 Å². The first-order chi connectivity index (χ1) is 6.69. The molecular formula is C10H16N2O2. The number of aryl methyl sites for hydroxylation is 2. The summed E-state index contributed by atoms with van der Waals surface area (Å²) in [5, 5.41) is 4.17. The molecule has 0 spiro atoms. The third-order valence-electron chi connectivity index (χ3n) is 1.85. The molecule has 0 aliphatic heterocycles. The number of ether oxygens (including phenoxy) is 1. The molecule has 78 valence electrons. The van der Waals surface area contributed by atoms with Crippen molar-refractivity contribution < 1.29 is 9.53 Å². The Morgan fingerprint density at radius 1 is 1.57 bits per heavy atom. The largest absolute Gasteiger partial charge is 0.461 e. The van der Waals surface area contributed by atoms with Crippen molar-refractivity contribution >= 4 is 5.97 Å². The lowest BCUT2D eigenvalue weighted by atomic mass is 10.3. The first kappa shape index (κ1) is 10.8. The highest BCUT2D eigenvalue weighted by atomic mass is 16.5. The molecule has 0 N–H and O–H groups in total. The average Bonchev–Trinajstić information content (AvgIpc) is 2.56. The van der Waals surface area contributed by atoms with Gasteiger partial charge in [-0.2, -0.15) is 5.10 Å². The van der Waals surface area contributed by atoms with Crippen LogP contribution in [0.4, 0.5) is 0 Å². The van der Waals surface area contributed by atoms with Crippen LogP contribution in [0.1, 0.15) is 36.5 Å². The van der Waals surface area contributed by atoms with Gasteiger partial charge in [-0.25, -0.2) is 4.79 Å². The Morgan fingerprint density at radius 3 is 2.86 bits per heavy atom. The van der Waals surface area contributed by atoms with Crippen molar-refractivity contribution in [3.8, 4) is 0 Å². The first-order valence-corrected chi connectivity index (χ1v) is 4.90. The maximum Gasteiger partial charge on any atom is 0.356 e. The van der Waals surface area contributed by atoms with Gasteiger partial charge in [0.1, 0.15) is 5.69 Å². The van der Waals surface area contributed by atoms with E-state index in [2.05, 4.69) is 5.10 Å². The summed E-state index contributed by atoms with van der Waals surface area (Å²) < 4.78 is 6.69. The molecule has 0 unspecified atom stereocenters. The van der Waals surface area contributed by atoms with Crippen molar-refractivity contribution in [1.82, 2.24) is 9.78 Å². The highest BCUT2D eigenvalue weighted by Crippen LogP contribution is 2.05. The standard InChI is InChI=1S/C10H16N2O2/c1-4-6-14-10(13)9-7-8(3)11-12(9)5-2/h7H,4-6H2,1-3H3. The van der Waals surface area contributed by atoms with Crippen LogP contribution < -0.4 is 0 Å². The van der Waals surface area contributed by atoms with E-state index in [1.54, 1.807) is 10.7 Å². The van der Waals surface area contributed by atoms with Crippen molar-refractivity contribution in [2.24, 2.45) is 0 Å². The fourth-order valence-corrected chi connectivity index (χ4v) is 1.22. The molecule has 14 heavy (non-hydrogen) atoms. The van der Waals surface area contributed by atoms with Crippen LogP contribution in [0.15, 0.2) is 6.07 Å². The Kier molecular flexibility index (Phi) is 3.68. The number of esters is 1. The summed E-state index contributed by atoms with van der Waals surface area (Å²) in [6.45, 7) is 6.93. The van der Waals surface area contributed by atoms with E-state index < -0.39 is 0 Å². The van der Waals surface area contributed by atoms with Gasteiger partial charge in [0.25, 0.3) is 0 Å². The van der Waals surface area contributed by atoms with Crippen LogP contribution in [0.5, 0.6) is 0 Å². The molecule has 0 radical (unpaired) electrons. The number of carbonyl (C=O) groups excluding carboxylic acids is 1. The van der Waals surface area contributed by atoms with Crippen molar-refractivity contribution in [1.29, 1.82) is 0 Å². The van der Waals surface area contributed by atoms with Crippen molar-refractivity contribution in [3.05, 3.63) is 17.5 Å². The molecule has 4 heteroatoms. The van der Waals surface area contributed by atoms with E-state index in [4.69, 9.17) is 4.74 Å². The van der Waals surface area contributed by atoms with Gasteiger partial charge in [0.2, 0.25) is 0 Å². The topological polar surface area (TPSA) is 44.1 Å². The van der Waals surface area contributed by atoms with E-state index >= 15 is 0 Å². The number of aromatic nitrogens is 2. The zero-order chi connectivity index (χ0) is 10.6. The smallest absolute Gasteiger partial charge is 0.356 e. The molecule has 0 aliphatic carbocycles. The second-order valence-corrected chi connectivity index (χ2v) is 3.12. The molecule has 4 nitrogen and oxygen atoms in total. The van der Waals surface area contributed by atoms with Crippen LogP contribution in [-0.2, 0) is 11.3 Å². The lowest BCUT2D eigenvalue weighted by Crippen LogP contribution is -2.12. The van der Waals surface area contributed by atoms with Crippen LogP contribution in [0.3, 0.4) is 0 Å². The van der Waals surface area contributed by atoms with E-state index in [0.29, 0.717) is 18.8 Å². The third kappa shape index (κ3) is 2.34. The Balaban J connectivity index is 2.77. The minimum atomic E-state index is -0.283. The summed E-state index contributed by atoms with van der Waals surface area (Å²) in [5.74, 6) is -0.283. The van der Waals surface area contributed by atoms with Crippen LogP contribution in [-0.4, -0.2) is 22.4 Å². The minimum absolute atomic E-state index is 0.283. The number of hydrogen-bond acceptors (Lipinski definition) is 3. The maximum atomic E-state index is 11.5. The quantitative estimate of drug-likeness (QED) is 0.689. The average molecular weight is 196 g/mol. The molecule has 0 saturated heterocycles. The molecule has 0 saturated carbocycles. The van der Waals surface area contributed by atoms with Gasteiger partial charge in [-0.05, 0) is 26.3 Å². The fraction of sp³-hybridized carbons (Fsp3) is 0.600. The van der Waals surface area contributed by atoms with Crippen molar-refractivity contribution in [2.75, 3.05) is 6.61 Å². The first-order valence-electron chi connectivity index (χ1n) is 4.90. The Hall–Kier alpha value is -1.32. The molecule has 1 aromatic heterocycles. The van der Waals surface area contributed by atoms with Gasteiger partial charge in [-0.1, -0.05) is 6.92 Å². The normalized spacial score (nSPS) is 10.2. The number of nitrogens with zero attached hydrogens (tertiary/aromatic N) is 2. The fourth-order valence-electron chi connectivity index (χ4n) is 1.22. The van der Waals surface area contributed by atoms with Gasteiger partial charge < -0.3 is 4.74 Å². The molecule has 0 fully saturated rings. The molecule has 1 heterocycles. The Morgan fingerprint density at radius 2 is 2.29 bits per heavy atom. The molecule has 0 atom stereocenters. The van der Waals surface area contributed by atoms with Crippen LogP contribution in [0, 0.1) is 6.92 Å². The highest BCUT2D eigenvalue weighted by molar-refractivity contribution is 5.87. The van der Waals surface area contributed by atoms with E-state index in [-0.39, 0.29) is 5.97 Å². The second-order valence-electron chi connectivity index (χ2n) is 3.12. The number of hydrogen-bond donors (Lipinski definition) is 0. The van der Waals surface area contributed by atoms with Crippen LogP contribution in [0.25, 0.3) is 0 Å². The zero-order valence-electron chi connectivity index (χ0n) is 8.91. The molecule has 0 aromatic carbocycles. The molecule has 0 amide bonds. The predicted octanol–water partition coefficient (Wildman–Crippen LogP) is 1.78. The molecule has 1 aromatic rings. The SMILES string of the molecule is CCCOC(=O)c1cc(C)nn1CC. The second kappa shape index (κ2) is 4.79. The Bertz CT molecular complexity index is 318. The van der Waals surface area contributed by atoms with E-state index in [1.807, 2.05) is 20.8 Å². The van der Waals surface area contributed by atoms with Gasteiger partial charge in [0.05, 0.1) is 12.3 Å². The summed E-state index contributed by atoms with van der Waals surface area (Å²) in [6, 6.07) is 1.75. The van der Waals surface area contributed by atoms with Crippen LogP contribution in [0.2, 0.25) is 0 Å². The predicted molar refractivity (Wildman–Crippen MR) is 53.2 cm³/mol. The third-order valence-corrected chi connectivity index (χ3v) is 1.85. The molecule has 1 rings (SSSR count). The number of rotatable bonds is 4. The van der Waals surface area contributed by atoms with Crippen LogP contribution >= 0.6 is 0 Å². The van der Waals surface area contributed by atoms with E-state index in [9.17, 15) is 4.79 Å². The van der Waals surface area contributed by atoms with Crippen molar-refractivity contribution in [3.63, 3.8) is 0 Å². The summed E-state index contributed by atoms with van der Waals surface area (Å²) in [5.41, 5.74) is 1.38. The Labute approximate surface area is 83.9 Å². The lowest BCUT2D eigenvalue weighted by molar-refractivity contribution is 0.0491. The van der Waals surface area contributed by atoms with Gasteiger partial charge in [-0.15, -0.1) is 0 Å². The summed E-state index contributed by atoms with van der Waals surface area (Å²) in [4.78, 5) is 11.5. The molecule has 0 bridgehead atoms. The number of carbonyl (C=O) groups is 1. The maximum absolute atomic E-state index is 11.5. The van der Waals surface area contributed by atoms with Gasteiger partial charge in [-0.3, -0.25) is 4.68 Å². The zero-order valence-corrected chi connectivity index (χ0v) is 8.91. The summed E-state index contributed by atoms with van der Waals surface area (Å²) >= 11 is 0. The van der Waals surface area contributed by atoms with E-state index in [0.717, 1.165) is 12.1 Å². The van der Waals surface area contributed by atoms with E-state index in [1.165, 1.54) is 0 Å². The van der Waals surface area contributed by atoms with Gasteiger partial charge in [0.15, 0.2) is 0 Å². The summed E-state index contributed by atoms with van der Waals surface area (Å²) in [6.07, 6.45) is 0.838. The molecule has 0 aliphatic rings. The molecular weight excluding hydrogens is 180 g/mol. The summed E-state index contributed by atoms with van der Waals surface area (Å²) in [7, 11) is 0. The van der Waals surface area contributed by atoms with Gasteiger partial charge in [0, 0.05) is 6.54 Å². The van der Waals surface area contributed by atoms with Gasteiger partial charge >= 0.3 is 5.97 Å². The minimum Gasteiger partial charge on any atom is -0.461 e. The lowest BCUT2D eigenvalue weighted by Gasteiger charge is -2.04. The highest BCUT2D eigenvalue weighted by Gasteiger charge is 2.13. The monoisotopic (exact) mass is 196 g/mol.